The number of amides is 2. The Morgan fingerprint density at radius 3 is 2.65 bits per heavy atom. The molecule has 1 aliphatic rings. The topological polar surface area (TPSA) is 71.1 Å². The van der Waals surface area contributed by atoms with Gasteiger partial charge in [0, 0.05) is 33.3 Å². The molecule has 0 saturated carbocycles. The van der Waals surface area contributed by atoms with Crippen molar-refractivity contribution in [3.05, 3.63) is 65.0 Å². The van der Waals surface area contributed by atoms with Gasteiger partial charge in [0.05, 0.1) is 12.8 Å². The van der Waals surface area contributed by atoms with E-state index in [0.717, 1.165) is 5.56 Å². The van der Waals surface area contributed by atoms with Crippen LogP contribution in [0.5, 0.6) is 11.5 Å². The quantitative estimate of drug-likeness (QED) is 0.726. The molecule has 162 valence electrons. The number of carbonyl (C=O) groups excluding carboxylic acids is 2. The molecular formula is C24H27N3O4. The van der Waals surface area contributed by atoms with Gasteiger partial charge in [-0.25, -0.2) is 0 Å². The van der Waals surface area contributed by atoms with Crippen LogP contribution in [-0.4, -0.2) is 51.5 Å². The van der Waals surface area contributed by atoms with E-state index >= 15 is 0 Å². The third-order valence-corrected chi connectivity index (χ3v) is 4.86. The van der Waals surface area contributed by atoms with E-state index in [0.29, 0.717) is 35.0 Å². The predicted octanol–water partition coefficient (Wildman–Crippen LogP) is 3.13. The second-order valence-corrected chi connectivity index (χ2v) is 7.23. The van der Waals surface area contributed by atoms with Crippen molar-refractivity contribution < 1.29 is 19.1 Å². The molecule has 0 radical (unpaired) electrons. The van der Waals surface area contributed by atoms with Crippen molar-refractivity contribution in [3.8, 4) is 11.5 Å². The van der Waals surface area contributed by atoms with Gasteiger partial charge >= 0.3 is 0 Å². The van der Waals surface area contributed by atoms with Crippen LogP contribution < -0.4 is 19.7 Å². The molecule has 0 aliphatic carbocycles. The zero-order chi connectivity index (χ0) is 22.5. The van der Waals surface area contributed by atoms with Crippen molar-refractivity contribution in [1.82, 2.24) is 10.2 Å². The van der Waals surface area contributed by atoms with E-state index in [1.54, 1.807) is 42.2 Å². The molecular weight excluding hydrogens is 394 g/mol. The first kappa shape index (κ1) is 22.0. The van der Waals surface area contributed by atoms with E-state index in [4.69, 9.17) is 9.47 Å². The van der Waals surface area contributed by atoms with Crippen LogP contribution in [-0.2, 0) is 9.59 Å². The number of methoxy groups -OCH3 is 1. The first-order valence-corrected chi connectivity index (χ1v) is 9.97. The highest BCUT2D eigenvalue weighted by molar-refractivity contribution is 6.09. The van der Waals surface area contributed by atoms with Crippen LogP contribution in [0.3, 0.4) is 0 Å². The number of fused-ring (bicyclic) bond motifs is 1. The third-order valence-electron chi connectivity index (χ3n) is 4.86. The zero-order valence-electron chi connectivity index (χ0n) is 18.4. The van der Waals surface area contributed by atoms with E-state index in [2.05, 4.69) is 5.32 Å². The van der Waals surface area contributed by atoms with Crippen molar-refractivity contribution in [2.75, 3.05) is 39.7 Å². The minimum absolute atomic E-state index is 0.160. The van der Waals surface area contributed by atoms with Crippen LogP contribution in [0.15, 0.2) is 53.9 Å². The van der Waals surface area contributed by atoms with Gasteiger partial charge in [0.25, 0.3) is 11.8 Å². The molecule has 2 aromatic rings. The van der Waals surface area contributed by atoms with E-state index in [1.165, 1.54) is 0 Å². The number of rotatable bonds is 6. The Morgan fingerprint density at radius 1 is 1.23 bits per heavy atom. The Balaban J connectivity index is 2.03. The number of likely N-dealkylation sites (N-methyl/N-ethyl adjacent to an activating group) is 3. The standard InChI is InChI=1S/C24H27N3O4/c1-6-25-23(28)19(26(2)3)14-16-11-12-20(30-5)17(13-16)15-22-24(29)27(4)18-9-7-8-10-21(18)31-22/h7-15H,6H2,1-5H3,(H,25,28)/b19-14+,22-15-. The van der Waals surface area contributed by atoms with Crippen LogP contribution in [0.25, 0.3) is 12.2 Å². The molecule has 1 aliphatic heterocycles. The molecule has 0 aromatic heterocycles. The zero-order valence-corrected chi connectivity index (χ0v) is 18.4. The van der Waals surface area contributed by atoms with Gasteiger partial charge in [-0.1, -0.05) is 18.2 Å². The van der Waals surface area contributed by atoms with E-state index < -0.39 is 0 Å². The number of hydrogen-bond acceptors (Lipinski definition) is 5. The number of para-hydroxylation sites is 2. The summed E-state index contributed by atoms with van der Waals surface area (Å²) in [5.74, 6) is 0.978. The minimum atomic E-state index is -0.252. The average molecular weight is 421 g/mol. The lowest BCUT2D eigenvalue weighted by atomic mass is 10.1. The van der Waals surface area contributed by atoms with Crippen molar-refractivity contribution in [3.63, 3.8) is 0 Å². The Bertz CT molecular complexity index is 1060. The Kier molecular flexibility index (Phi) is 6.65. The highest BCUT2D eigenvalue weighted by Gasteiger charge is 2.27. The summed E-state index contributed by atoms with van der Waals surface area (Å²) in [5.41, 5.74) is 2.69. The number of carbonyl (C=O) groups is 2. The molecule has 0 atom stereocenters. The number of benzene rings is 2. The minimum Gasteiger partial charge on any atom is -0.496 e. The molecule has 0 spiro atoms. The molecule has 0 fully saturated rings. The van der Waals surface area contributed by atoms with Crippen molar-refractivity contribution in [2.45, 2.75) is 6.92 Å². The molecule has 31 heavy (non-hydrogen) atoms. The van der Waals surface area contributed by atoms with Gasteiger partial charge in [0.1, 0.15) is 11.4 Å². The largest absolute Gasteiger partial charge is 0.496 e. The van der Waals surface area contributed by atoms with E-state index in [9.17, 15) is 9.59 Å². The Morgan fingerprint density at radius 2 is 1.97 bits per heavy atom. The molecule has 7 nitrogen and oxygen atoms in total. The molecule has 2 amide bonds. The summed E-state index contributed by atoms with van der Waals surface area (Å²) in [6, 6.07) is 12.9. The van der Waals surface area contributed by atoms with Gasteiger partial charge in [-0.2, -0.15) is 0 Å². The van der Waals surface area contributed by atoms with Crippen molar-refractivity contribution >= 4 is 29.7 Å². The number of ether oxygens (including phenoxy) is 2. The average Bonchev–Trinajstić information content (AvgIpc) is 2.75. The fourth-order valence-electron chi connectivity index (χ4n) is 3.25. The lowest BCUT2D eigenvalue weighted by Crippen LogP contribution is -2.33. The molecule has 0 saturated heterocycles. The van der Waals surface area contributed by atoms with Crippen molar-refractivity contribution in [2.24, 2.45) is 0 Å². The molecule has 2 aromatic carbocycles. The van der Waals surface area contributed by atoms with Gasteiger partial charge < -0.3 is 24.6 Å². The number of anilines is 1. The summed E-state index contributed by atoms with van der Waals surface area (Å²) in [6.07, 6.45) is 3.45. The maximum atomic E-state index is 12.8. The predicted molar refractivity (Wildman–Crippen MR) is 122 cm³/mol. The molecule has 3 rings (SSSR count). The normalized spacial score (nSPS) is 14.7. The number of hydrogen-bond donors (Lipinski definition) is 1. The summed E-state index contributed by atoms with van der Waals surface area (Å²) >= 11 is 0. The number of nitrogens with one attached hydrogen (secondary N) is 1. The lowest BCUT2D eigenvalue weighted by Gasteiger charge is -2.27. The molecule has 7 heteroatoms. The van der Waals surface area contributed by atoms with Crippen LogP contribution in [0.1, 0.15) is 18.1 Å². The fourth-order valence-corrected chi connectivity index (χ4v) is 3.25. The van der Waals surface area contributed by atoms with Crippen LogP contribution in [0, 0.1) is 0 Å². The summed E-state index contributed by atoms with van der Waals surface area (Å²) in [7, 11) is 6.91. The maximum Gasteiger partial charge on any atom is 0.293 e. The SMILES string of the molecule is CCNC(=O)/C(=C\c1ccc(OC)c(/C=C2\Oc3ccccc3N(C)C2=O)c1)N(C)C. The van der Waals surface area contributed by atoms with Crippen LogP contribution >= 0.6 is 0 Å². The van der Waals surface area contributed by atoms with E-state index in [1.807, 2.05) is 57.4 Å². The van der Waals surface area contributed by atoms with Crippen molar-refractivity contribution in [1.29, 1.82) is 0 Å². The van der Waals surface area contributed by atoms with Gasteiger partial charge in [0.15, 0.2) is 11.5 Å². The van der Waals surface area contributed by atoms with Gasteiger partial charge in [0.2, 0.25) is 0 Å². The van der Waals surface area contributed by atoms with Crippen LogP contribution in [0.2, 0.25) is 0 Å². The molecule has 1 heterocycles. The van der Waals surface area contributed by atoms with Gasteiger partial charge in [-0.05, 0) is 48.9 Å². The van der Waals surface area contributed by atoms with Crippen LogP contribution in [0.4, 0.5) is 5.69 Å². The molecule has 0 unspecified atom stereocenters. The Labute approximate surface area is 182 Å². The summed E-state index contributed by atoms with van der Waals surface area (Å²) in [4.78, 5) is 28.5. The smallest absolute Gasteiger partial charge is 0.293 e. The third kappa shape index (κ3) is 4.71. The second-order valence-electron chi connectivity index (χ2n) is 7.23. The summed E-state index contributed by atoms with van der Waals surface area (Å²) in [5, 5.41) is 2.81. The fraction of sp³-hybridized carbons (Fsp3) is 0.250. The monoisotopic (exact) mass is 421 g/mol. The highest BCUT2D eigenvalue weighted by atomic mass is 16.5. The first-order valence-electron chi connectivity index (χ1n) is 9.97. The van der Waals surface area contributed by atoms with E-state index in [-0.39, 0.29) is 17.6 Å². The highest BCUT2D eigenvalue weighted by Crippen LogP contribution is 2.35. The lowest BCUT2D eigenvalue weighted by molar-refractivity contribution is -0.118. The summed E-state index contributed by atoms with van der Waals surface area (Å²) < 4.78 is 11.4. The maximum absolute atomic E-state index is 12.8. The molecule has 0 bridgehead atoms. The van der Waals surface area contributed by atoms with Gasteiger partial charge in [-0.3, -0.25) is 9.59 Å². The Hall–Kier alpha value is -3.74. The second kappa shape index (κ2) is 9.38. The molecule has 1 N–H and O–H groups in total. The first-order chi connectivity index (χ1) is 14.8. The summed E-state index contributed by atoms with van der Waals surface area (Å²) in [6.45, 7) is 2.41. The number of nitrogens with zero attached hydrogens (tertiary/aromatic N) is 2. The van der Waals surface area contributed by atoms with Gasteiger partial charge in [-0.15, -0.1) is 0 Å².